The van der Waals surface area contributed by atoms with Crippen LogP contribution in [0.2, 0.25) is 0 Å². The molecule has 1 aliphatic heterocycles. The van der Waals surface area contributed by atoms with Gasteiger partial charge < -0.3 is 14.6 Å². The molecule has 0 bridgehead atoms. The molecule has 0 saturated carbocycles. The number of rotatable bonds is 6. The third-order valence-corrected chi connectivity index (χ3v) is 3.51. The maximum atomic E-state index is 12.0. The average Bonchev–Trinajstić information content (AvgIpc) is 2.44. The Morgan fingerprint density at radius 1 is 1.58 bits per heavy atom. The summed E-state index contributed by atoms with van der Waals surface area (Å²) in [7, 11) is 0. The number of hydrogen-bond acceptors (Lipinski definition) is 4. The minimum absolute atomic E-state index is 0.119. The van der Waals surface area contributed by atoms with Crippen molar-refractivity contribution in [1.82, 2.24) is 14.9 Å². The van der Waals surface area contributed by atoms with Crippen LogP contribution in [0.15, 0.2) is 17.2 Å². The van der Waals surface area contributed by atoms with Crippen LogP contribution < -0.4 is 15.6 Å². The van der Waals surface area contributed by atoms with Gasteiger partial charge in [0, 0.05) is 18.9 Å². The van der Waals surface area contributed by atoms with E-state index >= 15 is 0 Å². The smallest absolute Gasteiger partial charge is 0.313 e. The first-order chi connectivity index (χ1) is 9.31. The molecule has 1 aromatic rings. The van der Waals surface area contributed by atoms with Crippen molar-refractivity contribution in [3.8, 4) is 5.88 Å². The van der Waals surface area contributed by atoms with Crippen LogP contribution in [-0.4, -0.2) is 29.2 Å². The lowest BCUT2D eigenvalue weighted by molar-refractivity contribution is 0.243. The van der Waals surface area contributed by atoms with Crippen LogP contribution in [0.4, 0.5) is 0 Å². The van der Waals surface area contributed by atoms with E-state index in [9.17, 15) is 4.79 Å². The summed E-state index contributed by atoms with van der Waals surface area (Å²) in [4.78, 5) is 16.0. The Balaban J connectivity index is 1.85. The number of ether oxygens (including phenoxy) is 1. The number of nitrogens with one attached hydrogen (secondary N) is 1. The van der Waals surface area contributed by atoms with E-state index in [4.69, 9.17) is 4.74 Å². The van der Waals surface area contributed by atoms with Crippen molar-refractivity contribution < 1.29 is 4.74 Å². The van der Waals surface area contributed by atoms with Gasteiger partial charge in [0.15, 0.2) is 0 Å². The van der Waals surface area contributed by atoms with E-state index in [0.717, 1.165) is 25.9 Å². The molecule has 1 N–H and O–H groups in total. The molecule has 1 aromatic heterocycles. The molecular weight excluding hydrogens is 242 g/mol. The van der Waals surface area contributed by atoms with Crippen LogP contribution >= 0.6 is 0 Å². The van der Waals surface area contributed by atoms with E-state index < -0.39 is 0 Å². The van der Waals surface area contributed by atoms with Crippen LogP contribution in [0.25, 0.3) is 0 Å². The third kappa shape index (κ3) is 4.06. The van der Waals surface area contributed by atoms with Crippen molar-refractivity contribution in [2.45, 2.75) is 39.2 Å². The molecule has 0 spiro atoms. The molecule has 1 saturated heterocycles. The van der Waals surface area contributed by atoms with Crippen LogP contribution in [0.3, 0.4) is 0 Å². The predicted molar refractivity (Wildman–Crippen MR) is 74.5 cm³/mol. The van der Waals surface area contributed by atoms with E-state index in [-0.39, 0.29) is 11.4 Å². The van der Waals surface area contributed by atoms with E-state index in [1.54, 1.807) is 17.0 Å². The van der Waals surface area contributed by atoms with E-state index in [0.29, 0.717) is 19.1 Å². The Morgan fingerprint density at radius 3 is 3.21 bits per heavy atom. The second-order valence-electron chi connectivity index (χ2n) is 5.08. The zero-order valence-electron chi connectivity index (χ0n) is 11.6. The molecule has 19 heavy (non-hydrogen) atoms. The van der Waals surface area contributed by atoms with Gasteiger partial charge in [-0.1, -0.05) is 6.92 Å². The summed E-state index contributed by atoms with van der Waals surface area (Å²) in [5.41, 5.74) is -0.119. The fraction of sp³-hybridized carbons (Fsp3) is 0.714. The minimum Gasteiger partial charge on any atom is -0.474 e. The van der Waals surface area contributed by atoms with Gasteiger partial charge >= 0.3 is 5.56 Å². The van der Waals surface area contributed by atoms with Gasteiger partial charge in [-0.25, -0.2) is 4.98 Å². The molecule has 1 unspecified atom stereocenters. The molecule has 0 aliphatic carbocycles. The van der Waals surface area contributed by atoms with Crippen molar-refractivity contribution in [3.63, 3.8) is 0 Å². The number of piperidine rings is 1. The van der Waals surface area contributed by atoms with Gasteiger partial charge in [-0.2, -0.15) is 0 Å². The third-order valence-electron chi connectivity index (χ3n) is 3.51. The zero-order valence-corrected chi connectivity index (χ0v) is 11.6. The fourth-order valence-corrected chi connectivity index (χ4v) is 2.44. The quantitative estimate of drug-likeness (QED) is 0.845. The first kappa shape index (κ1) is 14.1. The van der Waals surface area contributed by atoms with E-state index in [1.165, 1.54) is 12.8 Å². The first-order valence-corrected chi connectivity index (χ1v) is 7.20. The summed E-state index contributed by atoms with van der Waals surface area (Å²) >= 11 is 0. The van der Waals surface area contributed by atoms with Crippen molar-refractivity contribution in [2.75, 3.05) is 19.7 Å². The molecular formula is C14H23N3O2. The molecule has 2 heterocycles. The maximum Gasteiger partial charge on any atom is 0.313 e. The van der Waals surface area contributed by atoms with Crippen LogP contribution in [-0.2, 0) is 6.54 Å². The topological polar surface area (TPSA) is 56.1 Å². The molecule has 0 radical (unpaired) electrons. The summed E-state index contributed by atoms with van der Waals surface area (Å²) in [6.07, 6.45) is 7.74. The van der Waals surface area contributed by atoms with Crippen LogP contribution in [0.5, 0.6) is 5.88 Å². The van der Waals surface area contributed by atoms with Crippen molar-refractivity contribution in [1.29, 1.82) is 0 Å². The zero-order chi connectivity index (χ0) is 13.5. The SMILES string of the molecule is CCCn1ccnc(OCCC2CCCNC2)c1=O. The highest BCUT2D eigenvalue weighted by Gasteiger charge is 2.13. The van der Waals surface area contributed by atoms with Crippen molar-refractivity contribution in [3.05, 3.63) is 22.7 Å². The van der Waals surface area contributed by atoms with E-state index in [2.05, 4.69) is 10.3 Å². The molecule has 0 aromatic carbocycles. The summed E-state index contributed by atoms with van der Waals surface area (Å²) in [5, 5.41) is 3.38. The number of hydrogen-bond donors (Lipinski definition) is 1. The number of aromatic nitrogens is 2. The van der Waals surface area contributed by atoms with Gasteiger partial charge in [0.2, 0.25) is 0 Å². The fourth-order valence-electron chi connectivity index (χ4n) is 2.44. The molecule has 5 heteroatoms. The normalized spacial score (nSPS) is 19.3. The Hall–Kier alpha value is -1.36. The van der Waals surface area contributed by atoms with Gasteiger partial charge in [0.05, 0.1) is 6.61 Å². The Kier molecular flexibility index (Phi) is 5.39. The van der Waals surface area contributed by atoms with Crippen molar-refractivity contribution >= 4 is 0 Å². The van der Waals surface area contributed by atoms with Crippen LogP contribution in [0, 0.1) is 5.92 Å². The Labute approximate surface area is 114 Å². The van der Waals surface area contributed by atoms with Gasteiger partial charge in [0.25, 0.3) is 5.88 Å². The summed E-state index contributed by atoms with van der Waals surface area (Å²) in [6.45, 7) is 5.52. The summed E-state index contributed by atoms with van der Waals surface area (Å²) < 4.78 is 7.21. The lowest BCUT2D eigenvalue weighted by Crippen LogP contribution is -2.31. The maximum absolute atomic E-state index is 12.0. The molecule has 106 valence electrons. The molecule has 1 atom stereocenters. The molecule has 5 nitrogen and oxygen atoms in total. The average molecular weight is 265 g/mol. The predicted octanol–water partition coefficient (Wildman–Crippen LogP) is 1.42. The molecule has 2 rings (SSSR count). The van der Waals surface area contributed by atoms with Crippen LogP contribution in [0.1, 0.15) is 32.6 Å². The highest BCUT2D eigenvalue weighted by Crippen LogP contribution is 2.13. The summed E-state index contributed by atoms with van der Waals surface area (Å²) in [6, 6.07) is 0. The number of nitrogens with zero attached hydrogens (tertiary/aromatic N) is 2. The van der Waals surface area contributed by atoms with E-state index in [1.807, 2.05) is 6.92 Å². The highest BCUT2D eigenvalue weighted by molar-refractivity contribution is 5.04. The minimum atomic E-state index is -0.119. The van der Waals surface area contributed by atoms with Gasteiger partial charge in [-0.3, -0.25) is 4.79 Å². The second kappa shape index (κ2) is 7.28. The highest BCUT2D eigenvalue weighted by atomic mass is 16.5. The van der Waals surface area contributed by atoms with Gasteiger partial charge in [-0.15, -0.1) is 0 Å². The van der Waals surface area contributed by atoms with Gasteiger partial charge in [0.1, 0.15) is 0 Å². The molecule has 1 aliphatic rings. The van der Waals surface area contributed by atoms with Crippen molar-refractivity contribution in [2.24, 2.45) is 5.92 Å². The Bertz CT molecular complexity index is 439. The monoisotopic (exact) mass is 265 g/mol. The molecule has 0 amide bonds. The number of aryl methyl sites for hydroxylation is 1. The lowest BCUT2D eigenvalue weighted by Gasteiger charge is -2.22. The lowest BCUT2D eigenvalue weighted by atomic mass is 9.97. The summed E-state index contributed by atoms with van der Waals surface area (Å²) in [5.74, 6) is 0.898. The standard InChI is InChI=1S/C14H23N3O2/c1-2-8-17-9-7-16-13(14(17)18)19-10-5-12-4-3-6-15-11-12/h7,9,12,15H,2-6,8,10-11H2,1H3. The first-order valence-electron chi connectivity index (χ1n) is 7.20. The largest absolute Gasteiger partial charge is 0.474 e. The van der Waals surface area contributed by atoms with Gasteiger partial charge in [-0.05, 0) is 44.7 Å². The molecule has 1 fully saturated rings. The Morgan fingerprint density at radius 2 is 2.47 bits per heavy atom. The second-order valence-corrected chi connectivity index (χ2v) is 5.08.